The van der Waals surface area contributed by atoms with E-state index in [9.17, 15) is 0 Å². The molecule has 0 atom stereocenters. The summed E-state index contributed by atoms with van der Waals surface area (Å²) in [4.78, 5) is 12.1. The Morgan fingerprint density at radius 2 is 2.26 bits per heavy atom. The summed E-state index contributed by atoms with van der Waals surface area (Å²) in [5, 5.41) is 2.11. The summed E-state index contributed by atoms with van der Waals surface area (Å²) < 4.78 is 3.18. The molecular weight excluding hydrogens is 324 g/mol. The van der Waals surface area contributed by atoms with Crippen molar-refractivity contribution in [2.24, 2.45) is 0 Å². The van der Waals surface area contributed by atoms with Crippen LogP contribution < -0.4 is 0 Å². The molecule has 0 aliphatic carbocycles. The minimum Gasteiger partial charge on any atom is -0.295 e. The van der Waals surface area contributed by atoms with E-state index in [0.29, 0.717) is 0 Å². The van der Waals surface area contributed by atoms with Gasteiger partial charge >= 0.3 is 0 Å². The van der Waals surface area contributed by atoms with Gasteiger partial charge in [0.1, 0.15) is 0 Å². The number of thiophene rings is 1. The first-order valence-corrected chi connectivity index (χ1v) is 7.58. The van der Waals surface area contributed by atoms with Gasteiger partial charge in [-0.1, -0.05) is 0 Å². The lowest BCUT2D eigenvalue weighted by atomic mass is 10.4. The third kappa shape index (κ3) is 2.86. The highest BCUT2D eigenvalue weighted by atomic mass is 79.9. The number of hydrogen-bond donors (Lipinski definition) is 0. The second-order valence-corrected chi connectivity index (χ2v) is 6.35. The van der Waals surface area contributed by atoms with E-state index >= 15 is 0 Å². The summed E-state index contributed by atoms with van der Waals surface area (Å²) in [5.41, 5.74) is 1.15. The van der Waals surface area contributed by atoms with E-state index in [-0.39, 0.29) is 0 Å². The van der Waals surface area contributed by atoms with E-state index in [4.69, 9.17) is 0 Å². The molecule has 0 aromatic carbocycles. The molecule has 4 nitrogen and oxygen atoms in total. The first-order chi connectivity index (χ1) is 9.22. The van der Waals surface area contributed by atoms with E-state index in [1.807, 2.05) is 22.9 Å². The Bertz CT molecular complexity index is 691. The van der Waals surface area contributed by atoms with Crippen LogP contribution in [0.4, 0.5) is 0 Å². The predicted molar refractivity (Wildman–Crippen MR) is 80.2 cm³/mol. The van der Waals surface area contributed by atoms with Crippen LogP contribution in [0.25, 0.3) is 5.78 Å². The van der Waals surface area contributed by atoms with Gasteiger partial charge in [-0.3, -0.25) is 9.30 Å². The van der Waals surface area contributed by atoms with E-state index in [1.165, 1.54) is 4.88 Å². The van der Waals surface area contributed by atoms with Crippen LogP contribution in [0.3, 0.4) is 0 Å². The molecule has 0 fully saturated rings. The fraction of sp³-hybridized carbons (Fsp3) is 0.231. The van der Waals surface area contributed by atoms with Crippen molar-refractivity contribution in [3.05, 3.63) is 51.1 Å². The lowest BCUT2D eigenvalue weighted by molar-refractivity contribution is 0.317. The van der Waals surface area contributed by atoms with Gasteiger partial charge in [0.2, 0.25) is 5.78 Å². The summed E-state index contributed by atoms with van der Waals surface area (Å²) in [6, 6.07) is 4.09. The maximum atomic E-state index is 4.30. The Morgan fingerprint density at radius 3 is 3.05 bits per heavy atom. The lowest BCUT2D eigenvalue weighted by Crippen LogP contribution is -2.17. The molecule has 6 heteroatoms. The standard InChI is InChI=1S/C13H13BrN4S/c1-17(8-12-5-10(14)9-19-12)7-11-6-16-13-15-3-2-4-18(11)13/h2-6,9H,7-8H2,1H3. The van der Waals surface area contributed by atoms with Gasteiger partial charge in [0.15, 0.2) is 0 Å². The molecule has 0 unspecified atom stereocenters. The molecule has 0 aliphatic heterocycles. The van der Waals surface area contributed by atoms with Crippen molar-refractivity contribution in [2.75, 3.05) is 7.05 Å². The Balaban J connectivity index is 1.74. The van der Waals surface area contributed by atoms with Gasteiger partial charge in [-0.05, 0) is 35.1 Å². The molecule has 0 saturated heterocycles. The number of fused-ring (bicyclic) bond motifs is 1. The minimum absolute atomic E-state index is 0.754. The third-order valence-electron chi connectivity index (χ3n) is 2.84. The second-order valence-electron chi connectivity index (χ2n) is 4.44. The van der Waals surface area contributed by atoms with Crippen molar-refractivity contribution < 1.29 is 0 Å². The van der Waals surface area contributed by atoms with Gasteiger partial charge < -0.3 is 0 Å². The van der Waals surface area contributed by atoms with E-state index < -0.39 is 0 Å². The minimum atomic E-state index is 0.754. The number of hydrogen-bond acceptors (Lipinski definition) is 4. The molecule has 0 bridgehead atoms. The zero-order valence-corrected chi connectivity index (χ0v) is 12.9. The summed E-state index contributed by atoms with van der Waals surface area (Å²) >= 11 is 5.26. The highest BCUT2D eigenvalue weighted by Gasteiger charge is 2.08. The highest BCUT2D eigenvalue weighted by Crippen LogP contribution is 2.21. The summed E-state index contributed by atoms with van der Waals surface area (Å²) in [7, 11) is 2.11. The maximum absolute atomic E-state index is 4.30. The monoisotopic (exact) mass is 336 g/mol. The van der Waals surface area contributed by atoms with Crippen LogP contribution in [0.1, 0.15) is 10.6 Å². The molecule has 0 aliphatic rings. The first-order valence-electron chi connectivity index (χ1n) is 5.91. The smallest absolute Gasteiger partial charge is 0.233 e. The zero-order valence-electron chi connectivity index (χ0n) is 10.5. The van der Waals surface area contributed by atoms with Crippen LogP contribution in [0.15, 0.2) is 40.6 Å². The van der Waals surface area contributed by atoms with Crippen LogP contribution in [0, 0.1) is 0 Å². The fourth-order valence-corrected chi connectivity index (χ4v) is 3.56. The zero-order chi connectivity index (χ0) is 13.2. The van der Waals surface area contributed by atoms with Gasteiger partial charge in [-0.25, -0.2) is 9.97 Å². The van der Waals surface area contributed by atoms with Crippen molar-refractivity contribution >= 4 is 33.0 Å². The number of imidazole rings is 1. The first kappa shape index (κ1) is 12.8. The SMILES string of the molecule is CN(Cc1cc(Br)cs1)Cc1cnc2ncccn12. The third-order valence-corrected chi connectivity index (χ3v) is 4.53. The summed E-state index contributed by atoms with van der Waals surface area (Å²) in [6.07, 6.45) is 5.66. The van der Waals surface area contributed by atoms with Crippen molar-refractivity contribution in [1.82, 2.24) is 19.3 Å². The average molecular weight is 337 g/mol. The fourth-order valence-electron chi connectivity index (χ4n) is 2.03. The molecule has 0 N–H and O–H groups in total. The van der Waals surface area contributed by atoms with Crippen molar-refractivity contribution in [2.45, 2.75) is 13.1 Å². The molecule has 3 rings (SSSR count). The van der Waals surface area contributed by atoms with Crippen LogP contribution >= 0.6 is 27.3 Å². The summed E-state index contributed by atoms with van der Waals surface area (Å²) in [5.74, 6) is 0.754. The number of rotatable bonds is 4. The van der Waals surface area contributed by atoms with Crippen LogP contribution in [0.5, 0.6) is 0 Å². The van der Waals surface area contributed by atoms with Crippen molar-refractivity contribution in [3.8, 4) is 0 Å². The molecular formula is C13H13BrN4S. The van der Waals surface area contributed by atoms with E-state index in [1.54, 1.807) is 17.5 Å². The van der Waals surface area contributed by atoms with Gasteiger partial charge in [0.25, 0.3) is 0 Å². The van der Waals surface area contributed by atoms with Crippen LogP contribution in [-0.2, 0) is 13.1 Å². The van der Waals surface area contributed by atoms with Gasteiger partial charge in [-0.2, -0.15) is 0 Å². The normalized spacial score (nSPS) is 11.5. The Labute approximate surface area is 123 Å². The molecule has 3 heterocycles. The largest absolute Gasteiger partial charge is 0.295 e. The molecule has 0 amide bonds. The molecule has 98 valence electrons. The van der Waals surface area contributed by atoms with Crippen molar-refractivity contribution in [1.29, 1.82) is 0 Å². The second kappa shape index (κ2) is 5.40. The van der Waals surface area contributed by atoms with Gasteiger partial charge in [0.05, 0.1) is 11.9 Å². The topological polar surface area (TPSA) is 33.4 Å². The lowest BCUT2D eigenvalue weighted by Gasteiger charge is -2.14. The van der Waals surface area contributed by atoms with Gasteiger partial charge in [0, 0.05) is 40.2 Å². The quantitative estimate of drug-likeness (QED) is 0.733. The highest BCUT2D eigenvalue weighted by molar-refractivity contribution is 9.10. The number of halogens is 1. The number of nitrogens with zero attached hydrogens (tertiary/aromatic N) is 4. The number of aromatic nitrogens is 3. The molecule has 19 heavy (non-hydrogen) atoms. The van der Waals surface area contributed by atoms with Crippen LogP contribution in [-0.4, -0.2) is 26.3 Å². The Kier molecular flexibility index (Phi) is 3.63. The van der Waals surface area contributed by atoms with Gasteiger partial charge in [-0.15, -0.1) is 11.3 Å². The van der Waals surface area contributed by atoms with E-state index in [0.717, 1.165) is 29.0 Å². The molecule has 0 radical (unpaired) electrons. The van der Waals surface area contributed by atoms with E-state index in [2.05, 4.69) is 49.3 Å². The average Bonchev–Trinajstić information content (AvgIpc) is 2.97. The Morgan fingerprint density at radius 1 is 1.37 bits per heavy atom. The molecule has 0 spiro atoms. The maximum Gasteiger partial charge on any atom is 0.233 e. The predicted octanol–water partition coefficient (Wildman–Crippen LogP) is 3.19. The molecule has 3 aromatic rings. The van der Waals surface area contributed by atoms with Crippen molar-refractivity contribution in [3.63, 3.8) is 0 Å². The molecule has 0 saturated carbocycles. The Hall–Kier alpha value is -1.24. The van der Waals surface area contributed by atoms with Crippen LogP contribution in [0.2, 0.25) is 0 Å². The summed E-state index contributed by atoms with van der Waals surface area (Å²) in [6.45, 7) is 1.78. The molecule has 3 aromatic heterocycles.